The maximum absolute atomic E-state index is 11.1. The van der Waals surface area contributed by atoms with Gasteiger partial charge in [-0.2, -0.15) is 0 Å². The molecule has 1 fully saturated rings. The molecule has 1 aliphatic rings. The maximum Gasteiger partial charge on any atom is 0.275 e. The average Bonchev–Trinajstić information content (AvgIpc) is 2.41. The van der Waals surface area contributed by atoms with Crippen LogP contribution in [-0.2, 0) is 6.54 Å². The highest BCUT2D eigenvalue weighted by atomic mass is 35.5. The molecule has 20 heavy (non-hydrogen) atoms. The van der Waals surface area contributed by atoms with E-state index < -0.39 is 0 Å². The van der Waals surface area contributed by atoms with Gasteiger partial charge in [-0.25, -0.2) is 0 Å². The lowest BCUT2D eigenvalue weighted by atomic mass is 9.78. The fourth-order valence-electron chi connectivity index (χ4n) is 3.00. The molecular formula is C15H21ClN2O2. The second-order valence-corrected chi connectivity index (χ2v) is 6.16. The number of nitrogens with zero attached hydrogens (tertiary/aromatic N) is 1. The second kappa shape index (κ2) is 6.55. The summed E-state index contributed by atoms with van der Waals surface area (Å²) in [6, 6.07) is 5.25. The van der Waals surface area contributed by atoms with Gasteiger partial charge in [0.25, 0.3) is 5.69 Å². The lowest BCUT2D eigenvalue weighted by Gasteiger charge is -2.34. The predicted molar refractivity (Wildman–Crippen MR) is 80.9 cm³/mol. The Kier molecular flexibility index (Phi) is 5.00. The molecule has 0 amide bonds. The van der Waals surface area contributed by atoms with Gasteiger partial charge in [-0.15, -0.1) is 0 Å². The summed E-state index contributed by atoms with van der Waals surface area (Å²) in [5.41, 5.74) is 0.686. The Labute approximate surface area is 124 Å². The number of nitro groups is 1. The van der Waals surface area contributed by atoms with Crippen molar-refractivity contribution in [1.29, 1.82) is 0 Å². The number of rotatable bonds is 4. The first-order chi connectivity index (χ1) is 9.50. The summed E-state index contributed by atoms with van der Waals surface area (Å²) < 4.78 is 0. The Morgan fingerprint density at radius 3 is 2.85 bits per heavy atom. The van der Waals surface area contributed by atoms with Crippen LogP contribution < -0.4 is 5.32 Å². The highest BCUT2D eigenvalue weighted by molar-refractivity contribution is 6.31. The monoisotopic (exact) mass is 296 g/mol. The standard InChI is InChI=1S/C15H21ClN2O2/c1-10-5-3-7-14(11(10)2)17-9-12-13(16)6-4-8-15(12)18(19)20/h4,6,8,10-11,14,17H,3,5,7,9H2,1-2H3. The maximum atomic E-state index is 11.1. The first kappa shape index (κ1) is 15.3. The van der Waals surface area contributed by atoms with Crippen molar-refractivity contribution in [2.24, 2.45) is 11.8 Å². The van der Waals surface area contributed by atoms with E-state index >= 15 is 0 Å². The molecule has 1 aromatic rings. The molecule has 2 rings (SSSR count). The summed E-state index contributed by atoms with van der Waals surface area (Å²) in [5, 5.41) is 15.0. The van der Waals surface area contributed by atoms with Gasteiger partial charge in [0.2, 0.25) is 0 Å². The van der Waals surface area contributed by atoms with Crippen LogP contribution in [0, 0.1) is 22.0 Å². The number of benzene rings is 1. The Balaban J connectivity index is 2.09. The minimum absolute atomic E-state index is 0.0986. The smallest absolute Gasteiger partial charge is 0.275 e. The molecule has 0 radical (unpaired) electrons. The summed E-state index contributed by atoms with van der Waals surface area (Å²) in [6.45, 7) is 4.98. The van der Waals surface area contributed by atoms with Gasteiger partial charge in [-0.05, 0) is 24.3 Å². The molecule has 1 saturated carbocycles. The minimum Gasteiger partial charge on any atom is -0.309 e. The van der Waals surface area contributed by atoms with E-state index in [1.54, 1.807) is 12.1 Å². The Morgan fingerprint density at radius 1 is 1.40 bits per heavy atom. The summed E-state index contributed by atoms with van der Waals surface area (Å²) in [4.78, 5) is 10.7. The zero-order chi connectivity index (χ0) is 14.7. The largest absolute Gasteiger partial charge is 0.309 e. The summed E-state index contributed by atoms with van der Waals surface area (Å²) >= 11 is 6.11. The van der Waals surface area contributed by atoms with Crippen LogP contribution in [-0.4, -0.2) is 11.0 Å². The lowest BCUT2D eigenvalue weighted by molar-refractivity contribution is -0.385. The van der Waals surface area contributed by atoms with Crippen LogP contribution in [0.1, 0.15) is 38.7 Å². The van der Waals surface area contributed by atoms with Crippen molar-refractivity contribution in [3.63, 3.8) is 0 Å². The Bertz CT molecular complexity index is 493. The van der Waals surface area contributed by atoms with Crippen LogP contribution in [0.2, 0.25) is 5.02 Å². The third-order valence-electron chi connectivity index (χ3n) is 4.54. The van der Waals surface area contributed by atoms with Crippen molar-refractivity contribution in [3.8, 4) is 0 Å². The van der Waals surface area contributed by atoms with Crippen LogP contribution in [0.3, 0.4) is 0 Å². The highest BCUT2D eigenvalue weighted by Crippen LogP contribution is 2.31. The summed E-state index contributed by atoms with van der Waals surface area (Å²) in [5.74, 6) is 1.28. The Morgan fingerprint density at radius 2 is 2.15 bits per heavy atom. The molecule has 1 N–H and O–H groups in total. The molecule has 1 aliphatic carbocycles. The number of nitro benzene ring substituents is 1. The van der Waals surface area contributed by atoms with Crippen LogP contribution in [0.5, 0.6) is 0 Å². The third-order valence-corrected chi connectivity index (χ3v) is 4.89. The van der Waals surface area contributed by atoms with Crippen molar-refractivity contribution < 1.29 is 4.92 Å². The van der Waals surface area contributed by atoms with Gasteiger partial charge in [0.05, 0.1) is 15.5 Å². The summed E-state index contributed by atoms with van der Waals surface area (Å²) in [6.07, 6.45) is 3.61. The number of hydrogen-bond donors (Lipinski definition) is 1. The van der Waals surface area contributed by atoms with Gasteiger partial charge < -0.3 is 5.32 Å². The third kappa shape index (κ3) is 3.30. The van der Waals surface area contributed by atoms with Crippen molar-refractivity contribution >= 4 is 17.3 Å². The number of hydrogen-bond acceptors (Lipinski definition) is 3. The molecule has 3 unspecified atom stereocenters. The van der Waals surface area contributed by atoms with Gasteiger partial charge in [-0.1, -0.05) is 44.4 Å². The zero-order valence-corrected chi connectivity index (χ0v) is 12.7. The van der Waals surface area contributed by atoms with E-state index in [-0.39, 0.29) is 10.6 Å². The van der Waals surface area contributed by atoms with Crippen LogP contribution >= 0.6 is 11.6 Å². The van der Waals surface area contributed by atoms with E-state index in [0.29, 0.717) is 35.0 Å². The van der Waals surface area contributed by atoms with Gasteiger partial charge in [-0.3, -0.25) is 10.1 Å². The van der Waals surface area contributed by atoms with Crippen LogP contribution in [0.15, 0.2) is 18.2 Å². The average molecular weight is 297 g/mol. The van der Waals surface area contributed by atoms with Gasteiger partial charge in [0, 0.05) is 18.7 Å². The molecule has 0 saturated heterocycles. The van der Waals surface area contributed by atoms with Gasteiger partial charge in [0.1, 0.15) is 0 Å². The number of nitrogens with one attached hydrogen (secondary N) is 1. The van der Waals surface area contributed by atoms with E-state index in [1.807, 2.05) is 0 Å². The van der Waals surface area contributed by atoms with Crippen molar-refractivity contribution in [1.82, 2.24) is 5.32 Å². The molecule has 1 aromatic carbocycles. The molecule has 0 heterocycles. The fourth-order valence-corrected chi connectivity index (χ4v) is 3.23. The van der Waals surface area contributed by atoms with E-state index in [2.05, 4.69) is 19.2 Å². The quantitative estimate of drug-likeness (QED) is 0.670. The first-order valence-corrected chi connectivity index (χ1v) is 7.53. The van der Waals surface area contributed by atoms with Crippen molar-refractivity contribution in [2.75, 3.05) is 0 Å². The fraction of sp³-hybridized carbons (Fsp3) is 0.600. The van der Waals surface area contributed by atoms with E-state index in [9.17, 15) is 10.1 Å². The molecule has 5 heteroatoms. The SMILES string of the molecule is CC1CCCC(NCc2c(Cl)cccc2[N+](=O)[O-])C1C. The predicted octanol–water partition coefficient (Wildman–Crippen LogP) is 4.16. The van der Waals surface area contributed by atoms with Crippen LogP contribution in [0.4, 0.5) is 5.69 Å². The van der Waals surface area contributed by atoms with Crippen molar-refractivity contribution in [3.05, 3.63) is 38.9 Å². The van der Waals surface area contributed by atoms with Crippen LogP contribution in [0.25, 0.3) is 0 Å². The molecule has 0 spiro atoms. The lowest BCUT2D eigenvalue weighted by Crippen LogP contribution is -2.40. The molecule has 110 valence electrons. The molecular weight excluding hydrogens is 276 g/mol. The Hall–Kier alpha value is -1.13. The van der Waals surface area contributed by atoms with E-state index in [4.69, 9.17) is 11.6 Å². The second-order valence-electron chi connectivity index (χ2n) is 5.75. The normalized spacial score (nSPS) is 26.4. The molecule has 0 aliphatic heterocycles. The summed E-state index contributed by atoms with van der Waals surface area (Å²) in [7, 11) is 0. The molecule has 4 nitrogen and oxygen atoms in total. The molecule has 3 atom stereocenters. The van der Waals surface area contributed by atoms with E-state index in [0.717, 1.165) is 6.42 Å². The van der Waals surface area contributed by atoms with E-state index in [1.165, 1.54) is 18.9 Å². The van der Waals surface area contributed by atoms with Gasteiger partial charge in [0.15, 0.2) is 0 Å². The minimum atomic E-state index is -0.365. The molecule has 0 bridgehead atoms. The van der Waals surface area contributed by atoms with Crippen molar-refractivity contribution in [2.45, 2.75) is 45.7 Å². The highest BCUT2D eigenvalue weighted by Gasteiger charge is 2.27. The first-order valence-electron chi connectivity index (χ1n) is 7.16. The number of halogens is 1. The molecule has 0 aromatic heterocycles. The topological polar surface area (TPSA) is 55.2 Å². The van der Waals surface area contributed by atoms with Gasteiger partial charge >= 0.3 is 0 Å². The zero-order valence-electron chi connectivity index (χ0n) is 11.9.